The van der Waals surface area contributed by atoms with Gasteiger partial charge in [0.15, 0.2) is 5.13 Å². The number of ether oxygens (including phenoxy) is 2. The number of aromatic nitrogens is 1. The van der Waals surface area contributed by atoms with Gasteiger partial charge in [-0.05, 0) is 28.8 Å². The van der Waals surface area contributed by atoms with Crippen molar-refractivity contribution in [3.63, 3.8) is 0 Å². The molecule has 1 amide bonds. The van der Waals surface area contributed by atoms with Gasteiger partial charge in [0.05, 0.1) is 24.9 Å². The first kappa shape index (κ1) is 23.2. The van der Waals surface area contributed by atoms with Gasteiger partial charge in [-0.15, -0.1) is 11.3 Å². The van der Waals surface area contributed by atoms with E-state index in [9.17, 15) is 9.59 Å². The molecule has 0 saturated heterocycles. The first-order valence-corrected chi connectivity index (χ1v) is 11.6. The standard InChI is InChI=1S/C27H24N2O4S/c1-19(30)29(24-10-6-7-11-25(24)32-2)27-28-23(18-34-27)17-33-26(31)16-20-12-14-22(15-13-20)21-8-4-3-5-9-21/h3-15,18H,16-17H2,1-2H3. The number of methoxy groups -OCH3 is 1. The molecule has 0 spiro atoms. The van der Waals surface area contributed by atoms with Crippen LogP contribution in [0.25, 0.3) is 11.1 Å². The van der Waals surface area contributed by atoms with E-state index >= 15 is 0 Å². The van der Waals surface area contributed by atoms with Crippen LogP contribution in [0.15, 0.2) is 84.2 Å². The van der Waals surface area contributed by atoms with E-state index in [-0.39, 0.29) is 24.9 Å². The van der Waals surface area contributed by atoms with Crippen molar-refractivity contribution in [1.29, 1.82) is 0 Å². The Morgan fingerprint density at radius 3 is 2.29 bits per heavy atom. The molecule has 0 bridgehead atoms. The molecule has 0 unspecified atom stereocenters. The van der Waals surface area contributed by atoms with Crippen LogP contribution in [0.1, 0.15) is 18.2 Å². The van der Waals surface area contributed by atoms with E-state index in [2.05, 4.69) is 4.98 Å². The predicted molar refractivity (Wildman–Crippen MR) is 133 cm³/mol. The summed E-state index contributed by atoms with van der Waals surface area (Å²) < 4.78 is 10.8. The van der Waals surface area contributed by atoms with Crippen molar-refractivity contribution in [2.75, 3.05) is 12.0 Å². The Hall–Kier alpha value is -3.97. The highest BCUT2D eigenvalue weighted by Gasteiger charge is 2.21. The topological polar surface area (TPSA) is 68.7 Å². The van der Waals surface area contributed by atoms with Crippen molar-refractivity contribution < 1.29 is 19.1 Å². The molecular weight excluding hydrogens is 448 g/mol. The van der Waals surface area contributed by atoms with Crippen LogP contribution in [0.2, 0.25) is 0 Å². The smallest absolute Gasteiger partial charge is 0.310 e. The Morgan fingerprint density at radius 2 is 1.59 bits per heavy atom. The molecule has 0 fully saturated rings. The van der Waals surface area contributed by atoms with E-state index in [0.29, 0.717) is 22.3 Å². The largest absolute Gasteiger partial charge is 0.495 e. The molecule has 172 valence electrons. The maximum atomic E-state index is 12.4. The summed E-state index contributed by atoms with van der Waals surface area (Å²) in [6.45, 7) is 1.51. The van der Waals surface area contributed by atoms with E-state index < -0.39 is 0 Å². The van der Waals surface area contributed by atoms with Crippen LogP contribution in [-0.4, -0.2) is 24.0 Å². The normalized spacial score (nSPS) is 10.5. The van der Waals surface area contributed by atoms with Crippen LogP contribution in [0.4, 0.5) is 10.8 Å². The second kappa shape index (κ2) is 10.8. The summed E-state index contributed by atoms with van der Waals surface area (Å²) in [5.41, 5.74) is 4.28. The molecule has 0 saturated carbocycles. The molecule has 0 aliphatic rings. The van der Waals surface area contributed by atoms with E-state index in [1.165, 1.54) is 23.2 Å². The van der Waals surface area contributed by atoms with Crippen LogP contribution in [-0.2, 0) is 27.4 Å². The summed E-state index contributed by atoms with van der Waals surface area (Å²) in [7, 11) is 1.55. The fourth-order valence-corrected chi connectivity index (χ4v) is 4.37. The van der Waals surface area contributed by atoms with Crippen LogP contribution >= 0.6 is 11.3 Å². The molecule has 1 heterocycles. The van der Waals surface area contributed by atoms with Gasteiger partial charge in [0, 0.05) is 12.3 Å². The Morgan fingerprint density at radius 1 is 0.912 bits per heavy atom. The molecule has 6 nitrogen and oxygen atoms in total. The maximum Gasteiger partial charge on any atom is 0.310 e. The number of para-hydroxylation sites is 2. The third kappa shape index (κ3) is 5.50. The second-order valence-corrected chi connectivity index (χ2v) is 8.38. The molecule has 0 aliphatic carbocycles. The molecule has 4 rings (SSSR count). The van der Waals surface area contributed by atoms with E-state index in [0.717, 1.165) is 16.7 Å². The molecule has 7 heteroatoms. The molecule has 0 aliphatic heterocycles. The van der Waals surface area contributed by atoms with Crippen LogP contribution in [0, 0.1) is 0 Å². The van der Waals surface area contributed by atoms with E-state index in [1.54, 1.807) is 24.6 Å². The summed E-state index contributed by atoms with van der Waals surface area (Å²) in [4.78, 5) is 30.7. The molecule has 0 atom stereocenters. The minimum absolute atomic E-state index is 0.0368. The van der Waals surface area contributed by atoms with Gasteiger partial charge in [0.1, 0.15) is 12.4 Å². The van der Waals surface area contributed by atoms with Crippen molar-refractivity contribution in [3.05, 3.63) is 95.5 Å². The second-order valence-electron chi connectivity index (χ2n) is 7.55. The van der Waals surface area contributed by atoms with Gasteiger partial charge in [0.2, 0.25) is 5.91 Å². The highest BCUT2D eigenvalue weighted by Crippen LogP contribution is 2.35. The van der Waals surface area contributed by atoms with Crippen LogP contribution < -0.4 is 9.64 Å². The first-order valence-electron chi connectivity index (χ1n) is 10.7. The highest BCUT2D eigenvalue weighted by molar-refractivity contribution is 7.14. The molecule has 0 N–H and O–H groups in total. The van der Waals surface area contributed by atoms with Gasteiger partial charge in [-0.1, -0.05) is 66.7 Å². The Bertz CT molecular complexity index is 1270. The monoisotopic (exact) mass is 472 g/mol. The van der Waals surface area contributed by atoms with Gasteiger partial charge in [-0.25, -0.2) is 4.98 Å². The van der Waals surface area contributed by atoms with Crippen molar-refractivity contribution in [2.24, 2.45) is 0 Å². The number of rotatable bonds is 8. The zero-order chi connectivity index (χ0) is 23.9. The fraction of sp³-hybridized carbons (Fsp3) is 0.148. The lowest BCUT2D eigenvalue weighted by atomic mass is 10.0. The number of thiazole rings is 1. The number of benzene rings is 3. The number of carbonyl (C=O) groups excluding carboxylic acids is 2. The van der Waals surface area contributed by atoms with Crippen LogP contribution in [0.5, 0.6) is 5.75 Å². The summed E-state index contributed by atoms with van der Waals surface area (Å²) in [6.07, 6.45) is 0.173. The van der Waals surface area contributed by atoms with E-state index in [1.807, 2.05) is 66.7 Å². The van der Waals surface area contributed by atoms with Gasteiger partial charge >= 0.3 is 5.97 Å². The SMILES string of the molecule is COc1ccccc1N(C(C)=O)c1nc(COC(=O)Cc2ccc(-c3ccccc3)cc2)cs1. The minimum atomic E-state index is -0.338. The zero-order valence-electron chi connectivity index (χ0n) is 18.9. The van der Waals surface area contributed by atoms with Gasteiger partial charge in [-0.2, -0.15) is 0 Å². The van der Waals surface area contributed by atoms with Crippen molar-refractivity contribution in [1.82, 2.24) is 4.98 Å². The third-order valence-corrected chi connectivity index (χ3v) is 6.04. The van der Waals surface area contributed by atoms with Gasteiger partial charge < -0.3 is 9.47 Å². The summed E-state index contributed by atoms with van der Waals surface area (Å²) >= 11 is 1.30. The third-order valence-electron chi connectivity index (χ3n) is 5.16. The fourth-order valence-electron chi connectivity index (χ4n) is 3.50. The Balaban J connectivity index is 1.37. The summed E-state index contributed by atoms with van der Waals surface area (Å²) in [5.74, 6) is 0.0377. The Kier molecular flexibility index (Phi) is 7.34. The van der Waals surface area contributed by atoms with Gasteiger partial charge in [-0.3, -0.25) is 14.5 Å². The summed E-state index contributed by atoms with van der Waals surface area (Å²) in [6, 6.07) is 25.2. The average Bonchev–Trinajstić information content (AvgIpc) is 3.32. The molecular formula is C27H24N2O4S. The average molecular weight is 473 g/mol. The van der Waals surface area contributed by atoms with Gasteiger partial charge in [0.25, 0.3) is 0 Å². The molecule has 34 heavy (non-hydrogen) atoms. The van der Waals surface area contributed by atoms with Crippen molar-refractivity contribution in [3.8, 4) is 16.9 Å². The molecule has 1 aromatic heterocycles. The Labute approximate surface area is 202 Å². The number of esters is 1. The summed E-state index contributed by atoms with van der Waals surface area (Å²) in [5, 5.41) is 2.27. The predicted octanol–water partition coefficient (Wildman–Crippen LogP) is 5.79. The highest BCUT2D eigenvalue weighted by atomic mass is 32.1. The molecule has 0 radical (unpaired) electrons. The number of carbonyl (C=O) groups is 2. The lowest BCUT2D eigenvalue weighted by Gasteiger charge is -2.20. The molecule has 4 aromatic rings. The van der Waals surface area contributed by atoms with E-state index in [4.69, 9.17) is 9.47 Å². The minimum Gasteiger partial charge on any atom is -0.495 e. The number of nitrogens with zero attached hydrogens (tertiary/aromatic N) is 2. The zero-order valence-corrected chi connectivity index (χ0v) is 19.7. The van der Waals surface area contributed by atoms with Crippen molar-refractivity contribution in [2.45, 2.75) is 20.0 Å². The molecule has 3 aromatic carbocycles. The lowest BCUT2D eigenvalue weighted by molar-refractivity contribution is -0.144. The number of hydrogen-bond donors (Lipinski definition) is 0. The number of anilines is 2. The van der Waals surface area contributed by atoms with Crippen molar-refractivity contribution >= 4 is 34.0 Å². The first-order chi connectivity index (χ1) is 16.5. The number of amides is 1. The quantitative estimate of drug-likeness (QED) is 0.304. The van der Waals surface area contributed by atoms with Crippen LogP contribution in [0.3, 0.4) is 0 Å². The maximum absolute atomic E-state index is 12.4. The lowest BCUT2D eigenvalue weighted by Crippen LogP contribution is -2.23. The number of hydrogen-bond acceptors (Lipinski definition) is 6.